The highest BCUT2D eigenvalue weighted by Gasteiger charge is 2.19. The summed E-state index contributed by atoms with van der Waals surface area (Å²) in [7, 11) is 0. The maximum atomic E-state index is 11.1. The summed E-state index contributed by atoms with van der Waals surface area (Å²) in [5.74, 6) is 0.285. The van der Waals surface area contributed by atoms with Gasteiger partial charge in [0.05, 0.1) is 0 Å². The van der Waals surface area contributed by atoms with Crippen molar-refractivity contribution < 1.29 is 9.90 Å². The zero-order chi connectivity index (χ0) is 12.3. The van der Waals surface area contributed by atoms with E-state index in [1.54, 1.807) is 6.07 Å². The fourth-order valence-electron chi connectivity index (χ4n) is 1.62. The molecule has 88 valence electrons. The molecule has 0 heterocycles. The van der Waals surface area contributed by atoms with Gasteiger partial charge in [-0.25, -0.2) is 0 Å². The quantitative estimate of drug-likeness (QED) is 0.846. The minimum Gasteiger partial charge on any atom is -0.508 e. The normalized spacial score (nSPS) is 11.5. The van der Waals surface area contributed by atoms with Crippen molar-refractivity contribution in [1.29, 1.82) is 0 Å². The molecule has 0 saturated carbocycles. The zero-order valence-electron chi connectivity index (χ0n) is 10.5. The first-order chi connectivity index (χ1) is 7.36. The lowest BCUT2D eigenvalue weighted by molar-refractivity contribution is -0.116. The Kier molecular flexibility index (Phi) is 3.74. The van der Waals surface area contributed by atoms with Gasteiger partial charge in [0.25, 0.3) is 0 Å². The van der Waals surface area contributed by atoms with Gasteiger partial charge in [0.2, 0.25) is 0 Å². The van der Waals surface area contributed by atoms with Crippen molar-refractivity contribution in [1.82, 2.24) is 0 Å². The van der Waals surface area contributed by atoms with Crippen molar-refractivity contribution in [3.63, 3.8) is 0 Å². The first kappa shape index (κ1) is 12.8. The Morgan fingerprint density at radius 1 is 1.38 bits per heavy atom. The fraction of sp³-hybridized carbons (Fsp3) is 0.500. The van der Waals surface area contributed by atoms with Crippen LogP contribution in [-0.4, -0.2) is 10.9 Å². The average Bonchev–Trinajstić information content (AvgIpc) is 2.20. The van der Waals surface area contributed by atoms with Crippen molar-refractivity contribution in [3.05, 3.63) is 29.3 Å². The van der Waals surface area contributed by atoms with Crippen LogP contribution >= 0.6 is 0 Å². The van der Waals surface area contributed by atoms with Crippen LogP contribution in [0.5, 0.6) is 5.75 Å². The Labute approximate surface area is 97.3 Å². The smallest absolute Gasteiger partial charge is 0.134 e. The second-order valence-corrected chi connectivity index (χ2v) is 4.96. The van der Waals surface area contributed by atoms with Crippen LogP contribution in [0.25, 0.3) is 0 Å². The molecule has 0 aromatic heterocycles. The van der Waals surface area contributed by atoms with Crippen molar-refractivity contribution in [2.75, 3.05) is 0 Å². The topological polar surface area (TPSA) is 37.3 Å². The number of rotatable bonds is 4. The van der Waals surface area contributed by atoms with Gasteiger partial charge in [-0.05, 0) is 30.4 Å². The number of phenolic OH excluding ortho intramolecular Hbond substituents is 1. The molecule has 1 aromatic carbocycles. The van der Waals surface area contributed by atoms with E-state index in [0.717, 1.165) is 12.0 Å². The standard InChI is InChI=1S/C14H20O2/c1-5-14(3,4)12-6-7-13(16)11(9-12)8-10(2)15/h6-7,9,16H,5,8H2,1-4H3. The number of hydrogen-bond acceptors (Lipinski definition) is 2. The van der Waals surface area contributed by atoms with E-state index in [1.807, 2.05) is 12.1 Å². The minimum atomic E-state index is 0.0711. The molecule has 0 unspecified atom stereocenters. The van der Waals surface area contributed by atoms with Gasteiger partial charge in [-0.3, -0.25) is 4.79 Å². The van der Waals surface area contributed by atoms with Crippen molar-refractivity contribution in [3.8, 4) is 5.75 Å². The maximum absolute atomic E-state index is 11.1. The molecule has 0 fully saturated rings. The fourth-order valence-corrected chi connectivity index (χ4v) is 1.62. The summed E-state index contributed by atoms with van der Waals surface area (Å²) in [5.41, 5.74) is 1.98. The Morgan fingerprint density at radius 2 is 2.00 bits per heavy atom. The maximum Gasteiger partial charge on any atom is 0.134 e. The van der Waals surface area contributed by atoms with Crippen molar-refractivity contribution in [2.45, 2.75) is 46.0 Å². The van der Waals surface area contributed by atoms with Gasteiger partial charge in [-0.15, -0.1) is 0 Å². The number of carbonyl (C=O) groups is 1. The summed E-state index contributed by atoms with van der Waals surface area (Å²) in [4.78, 5) is 11.1. The summed E-state index contributed by atoms with van der Waals surface area (Å²) in [5, 5.41) is 9.67. The molecule has 2 heteroatoms. The molecule has 0 aliphatic heterocycles. The van der Waals surface area contributed by atoms with Gasteiger partial charge in [0.1, 0.15) is 11.5 Å². The second kappa shape index (κ2) is 4.69. The van der Waals surface area contributed by atoms with Crippen molar-refractivity contribution >= 4 is 5.78 Å². The number of phenols is 1. The molecule has 0 amide bonds. The largest absolute Gasteiger partial charge is 0.508 e. The minimum absolute atomic E-state index is 0.0711. The number of carbonyl (C=O) groups excluding carboxylic acids is 1. The summed E-state index contributed by atoms with van der Waals surface area (Å²) in [6, 6.07) is 5.56. The molecule has 1 N–H and O–H groups in total. The van der Waals surface area contributed by atoms with Gasteiger partial charge in [-0.1, -0.05) is 32.9 Å². The molecule has 0 aliphatic carbocycles. The Balaban J connectivity index is 3.12. The van der Waals surface area contributed by atoms with Crippen LogP contribution < -0.4 is 0 Å². The van der Waals surface area contributed by atoms with E-state index in [-0.39, 0.29) is 16.9 Å². The third-order valence-electron chi connectivity index (χ3n) is 3.18. The van der Waals surface area contributed by atoms with Gasteiger partial charge in [0.15, 0.2) is 0 Å². The van der Waals surface area contributed by atoms with Crippen LogP contribution in [0, 0.1) is 0 Å². The number of aromatic hydroxyl groups is 1. The SMILES string of the molecule is CCC(C)(C)c1ccc(O)c(CC(C)=O)c1. The second-order valence-electron chi connectivity index (χ2n) is 4.96. The van der Waals surface area contributed by atoms with E-state index in [4.69, 9.17) is 0 Å². The highest BCUT2D eigenvalue weighted by molar-refractivity contribution is 5.79. The van der Waals surface area contributed by atoms with Gasteiger partial charge in [0, 0.05) is 12.0 Å². The monoisotopic (exact) mass is 220 g/mol. The van der Waals surface area contributed by atoms with Crippen molar-refractivity contribution in [2.24, 2.45) is 0 Å². The summed E-state index contributed by atoms with van der Waals surface area (Å²) < 4.78 is 0. The molecule has 0 aliphatic rings. The Bertz CT molecular complexity index is 392. The van der Waals surface area contributed by atoms with Gasteiger partial charge < -0.3 is 5.11 Å². The van der Waals surface area contributed by atoms with E-state index in [9.17, 15) is 9.90 Å². The van der Waals surface area contributed by atoms with Crippen LogP contribution in [0.2, 0.25) is 0 Å². The molecule has 1 aromatic rings. The Hall–Kier alpha value is -1.31. The molecule has 16 heavy (non-hydrogen) atoms. The summed E-state index contributed by atoms with van der Waals surface area (Å²) >= 11 is 0. The summed E-state index contributed by atoms with van der Waals surface area (Å²) in [6.45, 7) is 8.00. The lowest BCUT2D eigenvalue weighted by Gasteiger charge is -2.24. The van der Waals surface area contributed by atoms with Gasteiger partial charge >= 0.3 is 0 Å². The van der Waals surface area contributed by atoms with Crippen LogP contribution in [-0.2, 0) is 16.6 Å². The predicted octanol–water partition coefficient (Wildman–Crippen LogP) is 3.21. The van der Waals surface area contributed by atoms with E-state index in [2.05, 4.69) is 20.8 Å². The molecule has 0 saturated heterocycles. The molecular formula is C14H20O2. The highest BCUT2D eigenvalue weighted by atomic mass is 16.3. The molecule has 0 radical (unpaired) electrons. The van der Waals surface area contributed by atoms with Crippen LogP contribution in [0.1, 0.15) is 45.2 Å². The zero-order valence-corrected chi connectivity index (χ0v) is 10.5. The molecule has 1 rings (SSSR count). The lowest BCUT2D eigenvalue weighted by Crippen LogP contribution is -2.15. The first-order valence-electron chi connectivity index (χ1n) is 5.68. The number of Topliss-reactive ketones (excluding diaryl/α,β-unsaturated/α-hetero) is 1. The van der Waals surface area contributed by atoms with Gasteiger partial charge in [-0.2, -0.15) is 0 Å². The number of ketones is 1. The van der Waals surface area contributed by atoms with E-state index in [1.165, 1.54) is 12.5 Å². The molecule has 0 bridgehead atoms. The third-order valence-corrected chi connectivity index (χ3v) is 3.18. The van der Waals surface area contributed by atoms with Crippen LogP contribution in [0.3, 0.4) is 0 Å². The lowest BCUT2D eigenvalue weighted by atomic mass is 9.81. The first-order valence-corrected chi connectivity index (χ1v) is 5.68. The predicted molar refractivity (Wildman–Crippen MR) is 65.8 cm³/mol. The van der Waals surface area contributed by atoms with Crippen LogP contribution in [0.4, 0.5) is 0 Å². The molecule has 2 nitrogen and oxygen atoms in total. The Morgan fingerprint density at radius 3 is 2.50 bits per heavy atom. The highest BCUT2D eigenvalue weighted by Crippen LogP contribution is 2.30. The van der Waals surface area contributed by atoms with Crippen LogP contribution in [0.15, 0.2) is 18.2 Å². The van der Waals surface area contributed by atoms with E-state index in [0.29, 0.717) is 6.42 Å². The number of benzene rings is 1. The molecular weight excluding hydrogens is 200 g/mol. The number of hydrogen-bond donors (Lipinski definition) is 1. The van der Waals surface area contributed by atoms with E-state index >= 15 is 0 Å². The summed E-state index contributed by atoms with van der Waals surface area (Å²) in [6.07, 6.45) is 1.33. The van der Waals surface area contributed by atoms with E-state index < -0.39 is 0 Å². The molecule has 0 atom stereocenters. The third kappa shape index (κ3) is 2.84. The average molecular weight is 220 g/mol. The molecule has 0 spiro atoms.